The molecule has 0 saturated heterocycles. The standard InChI is InChI=1S/C17H37NO2/c1-6-7-8-9-10-20-13-16(19)11-18-12-17(14(2)3)15(4)5/h14-19H,6-13H2,1-5H3. The van der Waals surface area contributed by atoms with Crippen molar-refractivity contribution in [2.75, 3.05) is 26.3 Å². The van der Waals surface area contributed by atoms with Crippen molar-refractivity contribution >= 4 is 0 Å². The van der Waals surface area contributed by atoms with Crippen LogP contribution in [0.2, 0.25) is 0 Å². The molecule has 0 saturated carbocycles. The smallest absolute Gasteiger partial charge is 0.0897 e. The first-order valence-corrected chi connectivity index (χ1v) is 8.45. The quantitative estimate of drug-likeness (QED) is 0.510. The second-order valence-electron chi connectivity index (χ2n) is 6.60. The van der Waals surface area contributed by atoms with Crippen LogP contribution in [0.4, 0.5) is 0 Å². The van der Waals surface area contributed by atoms with Crippen LogP contribution in [0.15, 0.2) is 0 Å². The molecule has 1 atom stereocenters. The number of rotatable bonds is 13. The molecule has 122 valence electrons. The van der Waals surface area contributed by atoms with Crippen molar-refractivity contribution in [2.24, 2.45) is 17.8 Å². The number of hydrogen-bond acceptors (Lipinski definition) is 3. The number of aliphatic hydroxyl groups excluding tert-OH is 1. The zero-order valence-corrected chi connectivity index (χ0v) is 14.3. The topological polar surface area (TPSA) is 41.5 Å². The van der Waals surface area contributed by atoms with Crippen molar-refractivity contribution in [1.82, 2.24) is 5.32 Å². The van der Waals surface area contributed by atoms with E-state index in [1.807, 2.05) is 0 Å². The first-order valence-electron chi connectivity index (χ1n) is 8.45. The molecule has 0 spiro atoms. The average Bonchev–Trinajstić information content (AvgIpc) is 2.37. The Morgan fingerprint density at radius 1 is 0.950 bits per heavy atom. The lowest BCUT2D eigenvalue weighted by molar-refractivity contribution is 0.0345. The molecule has 0 aromatic rings. The first kappa shape index (κ1) is 19.9. The third kappa shape index (κ3) is 10.6. The molecule has 0 aliphatic heterocycles. The van der Waals surface area contributed by atoms with Crippen LogP contribution in [0.1, 0.15) is 60.3 Å². The number of unbranched alkanes of at least 4 members (excludes halogenated alkanes) is 3. The zero-order chi connectivity index (χ0) is 15.4. The summed E-state index contributed by atoms with van der Waals surface area (Å²) >= 11 is 0. The van der Waals surface area contributed by atoms with Crippen molar-refractivity contribution < 1.29 is 9.84 Å². The minimum Gasteiger partial charge on any atom is -0.389 e. The highest BCUT2D eigenvalue weighted by Crippen LogP contribution is 2.19. The summed E-state index contributed by atoms with van der Waals surface area (Å²) in [5.74, 6) is 2.01. The Balaban J connectivity index is 3.55. The van der Waals surface area contributed by atoms with Gasteiger partial charge in [-0.05, 0) is 30.7 Å². The Labute approximate surface area is 126 Å². The van der Waals surface area contributed by atoms with Gasteiger partial charge in [-0.25, -0.2) is 0 Å². The molecule has 0 radical (unpaired) electrons. The van der Waals surface area contributed by atoms with Crippen LogP contribution in [0.3, 0.4) is 0 Å². The van der Waals surface area contributed by atoms with Crippen molar-refractivity contribution in [3.63, 3.8) is 0 Å². The van der Waals surface area contributed by atoms with E-state index >= 15 is 0 Å². The van der Waals surface area contributed by atoms with E-state index in [1.165, 1.54) is 19.3 Å². The van der Waals surface area contributed by atoms with Gasteiger partial charge in [-0.15, -0.1) is 0 Å². The molecule has 2 N–H and O–H groups in total. The molecule has 20 heavy (non-hydrogen) atoms. The van der Waals surface area contributed by atoms with Gasteiger partial charge in [0.2, 0.25) is 0 Å². The van der Waals surface area contributed by atoms with Gasteiger partial charge in [0, 0.05) is 13.2 Å². The third-order valence-corrected chi connectivity index (χ3v) is 3.93. The molecule has 0 aromatic heterocycles. The van der Waals surface area contributed by atoms with Crippen molar-refractivity contribution in [2.45, 2.75) is 66.4 Å². The van der Waals surface area contributed by atoms with Crippen LogP contribution in [0.5, 0.6) is 0 Å². The lowest BCUT2D eigenvalue weighted by Crippen LogP contribution is -2.36. The fraction of sp³-hybridized carbons (Fsp3) is 1.00. The second-order valence-corrected chi connectivity index (χ2v) is 6.60. The minimum atomic E-state index is -0.388. The van der Waals surface area contributed by atoms with Crippen LogP contribution in [0, 0.1) is 17.8 Å². The normalized spacial score (nSPS) is 13.7. The third-order valence-electron chi connectivity index (χ3n) is 3.93. The second kappa shape index (κ2) is 12.6. The molecule has 1 unspecified atom stereocenters. The fourth-order valence-electron chi connectivity index (χ4n) is 2.57. The van der Waals surface area contributed by atoms with E-state index in [0.29, 0.717) is 30.9 Å². The van der Waals surface area contributed by atoms with Gasteiger partial charge in [0.15, 0.2) is 0 Å². The number of hydrogen-bond donors (Lipinski definition) is 2. The van der Waals surface area contributed by atoms with E-state index in [1.54, 1.807) is 0 Å². The summed E-state index contributed by atoms with van der Waals surface area (Å²) in [5, 5.41) is 13.2. The van der Waals surface area contributed by atoms with Gasteiger partial charge in [0.1, 0.15) is 0 Å². The Morgan fingerprint density at radius 3 is 2.15 bits per heavy atom. The van der Waals surface area contributed by atoms with Crippen molar-refractivity contribution in [3.05, 3.63) is 0 Å². The summed E-state index contributed by atoms with van der Waals surface area (Å²) in [5.41, 5.74) is 0. The Morgan fingerprint density at radius 2 is 1.60 bits per heavy atom. The highest BCUT2D eigenvalue weighted by Gasteiger charge is 2.17. The van der Waals surface area contributed by atoms with Crippen LogP contribution < -0.4 is 5.32 Å². The summed E-state index contributed by atoms with van der Waals surface area (Å²) in [6, 6.07) is 0. The summed E-state index contributed by atoms with van der Waals surface area (Å²) in [6.45, 7) is 14.1. The fourth-order valence-corrected chi connectivity index (χ4v) is 2.57. The molecule has 0 aliphatic rings. The van der Waals surface area contributed by atoms with Crippen molar-refractivity contribution in [3.8, 4) is 0 Å². The van der Waals surface area contributed by atoms with Crippen LogP contribution in [0.25, 0.3) is 0 Å². The predicted molar refractivity (Wildman–Crippen MR) is 87.0 cm³/mol. The molecule has 3 heteroatoms. The summed E-state index contributed by atoms with van der Waals surface area (Å²) in [4.78, 5) is 0. The van der Waals surface area contributed by atoms with Crippen molar-refractivity contribution in [1.29, 1.82) is 0 Å². The van der Waals surface area contributed by atoms with E-state index in [2.05, 4.69) is 39.9 Å². The van der Waals surface area contributed by atoms with Gasteiger partial charge in [-0.2, -0.15) is 0 Å². The predicted octanol–water partition coefficient (Wildman–Crippen LogP) is 3.46. The molecule has 0 rings (SSSR count). The zero-order valence-electron chi connectivity index (χ0n) is 14.3. The number of aliphatic hydroxyl groups is 1. The van der Waals surface area contributed by atoms with Gasteiger partial charge in [-0.1, -0.05) is 53.9 Å². The maximum absolute atomic E-state index is 9.85. The molecular formula is C17H37NO2. The molecule has 3 nitrogen and oxygen atoms in total. The molecule has 0 bridgehead atoms. The van der Waals surface area contributed by atoms with E-state index in [9.17, 15) is 5.11 Å². The SMILES string of the molecule is CCCCCCOCC(O)CNCC(C(C)C)C(C)C. The molecule has 0 heterocycles. The van der Waals surface area contributed by atoms with Gasteiger partial charge in [0.25, 0.3) is 0 Å². The summed E-state index contributed by atoms with van der Waals surface area (Å²) in [7, 11) is 0. The molecule has 0 amide bonds. The van der Waals surface area contributed by atoms with Gasteiger partial charge in [-0.3, -0.25) is 0 Å². The van der Waals surface area contributed by atoms with Crippen LogP contribution in [-0.2, 0) is 4.74 Å². The van der Waals surface area contributed by atoms with Crippen LogP contribution >= 0.6 is 0 Å². The Kier molecular flexibility index (Phi) is 12.5. The van der Waals surface area contributed by atoms with Gasteiger partial charge < -0.3 is 15.2 Å². The number of nitrogens with one attached hydrogen (secondary N) is 1. The first-order chi connectivity index (χ1) is 9.49. The number of ether oxygens (including phenoxy) is 1. The van der Waals surface area contributed by atoms with Crippen LogP contribution in [-0.4, -0.2) is 37.5 Å². The summed E-state index contributed by atoms with van der Waals surface area (Å²) in [6.07, 6.45) is 4.48. The van der Waals surface area contributed by atoms with Gasteiger partial charge in [0.05, 0.1) is 12.7 Å². The highest BCUT2D eigenvalue weighted by atomic mass is 16.5. The van der Waals surface area contributed by atoms with E-state index < -0.39 is 0 Å². The van der Waals surface area contributed by atoms with E-state index in [4.69, 9.17) is 4.74 Å². The average molecular weight is 287 g/mol. The van der Waals surface area contributed by atoms with E-state index in [0.717, 1.165) is 19.6 Å². The summed E-state index contributed by atoms with van der Waals surface area (Å²) < 4.78 is 5.50. The monoisotopic (exact) mass is 287 g/mol. The Bertz CT molecular complexity index is 199. The minimum absolute atomic E-state index is 0.388. The largest absolute Gasteiger partial charge is 0.389 e. The Hall–Kier alpha value is -0.120. The van der Waals surface area contributed by atoms with E-state index in [-0.39, 0.29) is 6.10 Å². The maximum atomic E-state index is 9.85. The molecule has 0 fully saturated rings. The maximum Gasteiger partial charge on any atom is 0.0897 e. The lowest BCUT2D eigenvalue weighted by atomic mass is 9.85. The molecule has 0 aliphatic carbocycles. The highest BCUT2D eigenvalue weighted by molar-refractivity contribution is 4.70. The molecular weight excluding hydrogens is 250 g/mol. The van der Waals surface area contributed by atoms with Gasteiger partial charge >= 0.3 is 0 Å². The lowest BCUT2D eigenvalue weighted by Gasteiger charge is -2.25. The molecule has 0 aromatic carbocycles.